The van der Waals surface area contributed by atoms with Crippen molar-refractivity contribution < 1.29 is 0 Å². The Kier molecular flexibility index (Phi) is 4.12. The Bertz CT molecular complexity index is 660. The number of nitrogens with one attached hydrogen (secondary N) is 2. The lowest BCUT2D eigenvalue weighted by molar-refractivity contribution is 0.143. The number of fused-ring (bicyclic) bond motifs is 1. The summed E-state index contributed by atoms with van der Waals surface area (Å²) in [6.07, 6.45) is 0.999. The van der Waals surface area contributed by atoms with Gasteiger partial charge in [0.2, 0.25) is 0 Å². The predicted molar refractivity (Wildman–Crippen MR) is 85.7 cm³/mol. The van der Waals surface area contributed by atoms with Crippen LogP contribution in [0.1, 0.15) is 20.3 Å². The van der Waals surface area contributed by atoms with Crippen molar-refractivity contribution in [3.63, 3.8) is 0 Å². The minimum absolute atomic E-state index is 0.00192. The largest absolute Gasteiger partial charge is 0.326 e. The van der Waals surface area contributed by atoms with Crippen molar-refractivity contribution in [3.8, 4) is 0 Å². The third-order valence-electron chi connectivity index (χ3n) is 4.40. The molecule has 2 atom stereocenters. The molecule has 5 heteroatoms. The van der Waals surface area contributed by atoms with E-state index in [1.54, 1.807) is 0 Å². The maximum atomic E-state index is 12.0. The van der Waals surface area contributed by atoms with E-state index in [2.05, 4.69) is 29.0 Å². The smallest absolute Gasteiger partial charge is 0.311 e. The molecule has 0 radical (unpaired) electrons. The number of aromatic amines is 1. The number of rotatable bonds is 4. The van der Waals surface area contributed by atoms with E-state index in [0.717, 1.165) is 43.6 Å². The third kappa shape index (κ3) is 3.04. The van der Waals surface area contributed by atoms with E-state index in [4.69, 9.17) is 0 Å². The van der Waals surface area contributed by atoms with Gasteiger partial charge in [0.1, 0.15) is 0 Å². The first-order valence-corrected chi connectivity index (χ1v) is 7.80. The second-order valence-corrected chi connectivity index (χ2v) is 6.11. The molecule has 0 amide bonds. The summed E-state index contributed by atoms with van der Waals surface area (Å²) in [7, 11) is 0. The summed E-state index contributed by atoms with van der Waals surface area (Å²) in [4.78, 5) is 17.5. The molecule has 2 unspecified atom stereocenters. The van der Waals surface area contributed by atoms with E-state index >= 15 is 0 Å². The fourth-order valence-corrected chi connectivity index (χ4v) is 3.17. The van der Waals surface area contributed by atoms with Gasteiger partial charge >= 0.3 is 5.69 Å². The number of benzene rings is 1. The van der Waals surface area contributed by atoms with Gasteiger partial charge in [0.25, 0.3) is 0 Å². The number of aromatic nitrogens is 2. The van der Waals surface area contributed by atoms with Gasteiger partial charge in [-0.25, -0.2) is 4.79 Å². The predicted octanol–water partition coefficient (Wildman–Crippen LogP) is 1.40. The molecule has 1 saturated heterocycles. The molecule has 1 aliphatic rings. The van der Waals surface area contributed by atoms with Gasteiger partial charge in [-0.2, -0.15) is 0 Å². The van der Waals surface area contributed by atoms with E-state index in [0.29, 0.717) is 12.1 Å². The molecule has 2 heterocycles. The van der Waals surface area contributed by atoms with Gasteiger partial charge in [-0.1, -0.05) is 12.1 Å². The van der Waals surface area contributed by atoms with Crippen molar-refractivity contribution in [3.05, 3.63) is 34.7 Å². The number of para-hydroxylation sites is 2. The second kappa shape index (κ2) is 6.03. The molecule has 0 bridgehead atoms. The third-order valence-corrected chi connectivity index (χ3v) is 4.40. The van der Waals surface area contributed by atoms with Crippen LogP contribution in [0.25, 0.3) is 11.0 Å². The number of aryl methyl sites for hydroxylation is 1. The molecule has 1 aromatic carbocycles. The normalized spacial score (nSPS) is 23.7. The maximum Gasteiger partial charge on any atom is 0.326 e. The Morgan fingerprint density at radius 2 is 2.05 bits per heavy atom. The van der Waals surface area contributed by atoms with Crippen LogP contribution in [0.15, 0.2) is 29.1 Å². The summed E-state index contributed by atoms with van der Waals surface area (Å²) in [5, 5.41) is 3.50. The maximum absolute atomic E-state index is 12.0. The molecular weight excluding hydrogens is 264 g/mol. The zero-order valence-electron chi connectivity index (χ0n) is 12.8. The van der Waals surface area contributed by atoms with Crippen molar-refractivity contribution in [2.24, 2.45) is 0 Å². The van der Waals surface area contributed by atoms with Crippen LogP contribution >= 0.6 is 0 Å². The summed E-state index contributed by atoms with van der Waals surface area (Å²) in [6, 6.07) is 9.01. The Morgan fingerprint density at radius 3 is 2.90 bits per heavy atom. The van der Waals surface area contributed by atoms with E-state index in [-0.39, 0.29) is 5.69 Å². The monoisotopic (exact) mass is 288 g/mol. The first-order chi connectivity index (χ1) is 10.1. The highest BCUT2D eigenvalue weighted by Crippen LogP contribution is 2.11. The van der Waals surface area contributed by atoms with Crippen LogP contribution in [0.5, 0.6) is 0 Å². The Hall–Kier alpha value is -1.59. The fraction of sp³-hybridized carbons (Fsp3) is 0.562. The molecule has 2 N–H and O–H groups in total. The van der Waals surface area contributed by atoms with Gasteiger partial charge in [0.05, 0.1) is 11.0 Å². The number of nitrogens with zero attached hydrogens (tertiary/aromatic N) is 2. The van der Waals surface area contributed by atoms with Crippen LogP contribution in [-0.2, 0) is 6.54 Å². The standard InChI is InChI=1S/C16H24N4O/c1-12-11-19(13(2)10-17-12)8-5-9-20-15-7-4-3-6-14(15)18-16(20)21/h3-4,6-7,12-13,17H,5,8-11H2,1-2H3,(H,18,21). The molecule has 2 aromatic rings. The number of hydrogen-bond acceptors (Lipinski definition) is 3. The van der Waals surface area contributed by atoms with Crippen LogP contribution < -0.4 is 11.0 Å². The summed E-state index contributed by atoms with van der Waals surface area (Å²) < 4.78 is 1.85. The van der Waals surface area contributed by atoms with Crippen LogP contribution in [0.4, 0.5) is 0 Å². The van der Waals surface area contributed by atoms with Gasteiger partial charge in [-0.05, 0) is 32.4 Å². The van der Waals surface area contributed by atoms with Gasteiger partial charge < -0.3 is 10.3 Å². The average molecular weight is 288 g/mol. The van der Waals surface area contributed by atoms with Crippen LogP contribution in [0.3, 0.4) is 0 Å². The SMILES string of the molecule is CC1CN(CCCn2c(=O)[nH]c3ccccc32)C(C)CN1. The number of piperazine rings is 1. The molecule has 114 valence electrons. The summed E-state index contributed by atoms with van der Waals surface area (Å²) in [6.45, 7) is 8.44. The highest BCUT2D eigenvalue weighted by molar-refractivity contribution is 5.74. The second-order valence-electron chi connectivity index (χ2n) is 6.11. The first-order valence-electron chi connectivity index (χ1n) is 7.80. The lowest BCUT2D eigenvalue weighted by Gasteiger charge is -2.37. The molecule has 3 rings (SSSR count). The minimum Gasteiger partial charge on any atom is -0.311 e. The fourth-order valence-electron chi connectivity index (χ4n) is 3.17. The highest BCUT2D eigenvalue weighted by atomic mass is 16.1. The van der Waals surface area contributed by atoms with Crippen molar-refractivity contribution in [2.75, 3.05) is 19.6 Å². The summed E-state index contributed by atoms with van der Waals surface area (Å²) in [5.74, 6) is 0. The van der Waals surface area contributed by atoms with Crippen molar-refractivity contribution >= 4 is 11.0 Å². The highest BCUT2D eigenvalue weighted by Gasteiger charge is 2.21. The summed E-state index contributed by atoms with van der Waals surface area (Å²) in [5.41, 5.74) is 1.92. The van der Waals surface area contributed by atoms with E-state index in [1.165, 1.54) is 0 Å². The number of hydrogen-bond donors (Lipinski definition) is 2. The van der Waals surface area contributed by atoms with Crippen molar-refractivity contribution in [1.82, 2.24) is 19.8 Å². The van der Waals surface area contributed by atoms with Gasteiger partial charge in [0, 0.05) is 38.3 Å². The molecule has 0 aliphatic carbocycles. The molecule has 1 fully saturated rings. The Morgan fingerprint density at radius 1 is 1.24 bits per heavy atom. The molecule has 21 heavy (non-hydrogen) atoms. The van der Waals surface area contributed by atoms with Crippen molar-refractivity contribution in [1.29, 1.82) is 0 Å². The van der Waals surface area contributed by atoms with Crippen LogP contribution in [0.2, 0.25) is 0 Å². The minimum atomic E-state index is -0.00192. The van der Waals surface area contributed by atoms with Crippen molar-refractivity contribution in [2.45, 2.75) is 38.9 Å². The van der Waals surface area contributed by atoms with Gasteiger partial charge in [0.15, 0.2) is 0 Å². The van der Waals surface area contributed by atoms with E-state index in [1.807, 2.05) is 28.8 Å². The zero-order chi connectivity index (χ0) is 14.8. The lowest BCUT2D eigenvalue weighted by atomic mass is 10.1. The molecule has 1 aliphatic heterocycles. The zero-order valence-corrected chi connectivity index (χ0v) is 12.8. The quantitative estimate of drug-likeness (QED) is 0.894. The topological polar surface area (TPSA) is 53.1 Å². The molecule has 0 saturated carbocycles. The Balaban J connectivity index is 1.64. The average Bonchev–Trinajstić information content (AvgIpc) is 2.79. The van der Waals surface area contributed by atoms with Crippen LogP contribution in [-0.4, -0.2) is 46.2 Å². The van der Waals surface area contributed by atoms with Gasteiger partial charge in [-0.3, -0.25) is 9.47 Å². The number of imidazole rings is 1. The number of H-pyrrole nitrogens is 1. The molecule has 5 nitrogen and oxygen atoms in total. The molecule has 0 spiro atoms. The summed E-state index contributed by atoms with van der Waals surface area (Å²) >= 11 is 0. The Labute approximate surface area is 125 Å². The first kappa shape index (κ1) is 14.4. The van der Waals surface area contributed by atoms with E-state index in [9.17, 15) is 4.79 Å². The molecule has 1 aromatic heterocycles. The lowest BCUT2D eigenvalue weighted by Crippen LogP contribution is -2.54. The van der Waals surface area contributed by atoms with Crippen LogP contribution in [0, 0.1) is 0 Å². The van der Waals surface area contributed by atoms with Gasteiger partial charge in [-0.15, -0.1) is 0 Å². The molecular formula is C16H24N4O. The van der Waals surface area contributed by atoms with E-state index < -0.39 is 0 Å².